The van der Waals surface area contributed by atoms with Crippen molar-refractivity contribution in [3.63, 3.8) is 0 Å². The zero-order valence-corrected chi connectivity index (χ0v) is 11.7. The van der Waals surface area contributed by atoms with E-state index < -0.39 is 12.0 Å². The molecule has 1 aromatic rings. The van der Waals surface area contributed by atoms with Crippen molar-refractivity contribution in [3.8, 4) is 0 Å². The van der Waals surface area contributed by atoms with E-state index in [1.807, 2.05) is 12.3 Å². The Morgan fingerprint density at radius 2 is 2.32 bits per heavy atom. The lowest BCUT2D eigenvalue weighted by Crippen LogP contribution is -2.42. The second-order valence-corrected chi connectivity index (χ2v) is 5.99. The van der Waals surface area contributed by atoms with E-state index in [4.69, 9.17) is 5.11 Å². The Kier molecular flexibility index (Phi) is 4.52. The summed E-state index contributed by atoms with van der Waals surface area (Å²) in [7, 11) is 0. The number of hydrogen-bond acceptors (Lipinski definition) is 4. The second kappa shape index (κ2) is 6.14. The van der Waals surface area contributed by atoms with Crippen molar-refractivity contribution in [1.82, 2.24) is 10.3 Å². The van der Waals surface area contributed by atoms with Gasteiger partial charge in [0, 0.05) is 11.8 Å². The smallest absolute Gasteiger partial charge is 0.326 e. The molecule has 1 aliphatic carbocycles. The molecule has 0 saturated heterocycles. The quantitative estimate of drug-likeness (QED) is 0.798. The first-order valence-corrected chi connectivity index (χ1v) is 7.37. The molecule has 0 aromatic carbocycles. The standard InChI is InChI=1S/C13H18N2O3S/c1-8-14-10(7-19-8)3-2-4-11(16)15-12(13(17)18)9-5-6-9/h7,9,12H,2-6H2,1H3,(H,15,16)(H,17,18). The molecule has 1 fully saturated rings. The zero-order chi connectivity index (χ0) is 13.8. The van der Waals surface area contributed by atoms with Crippen LogP contribution in [0.5, 0.6) is 0 Å². The maximum atomic E-state index is 11.7. The fraction of sp³-hybridized carbons (Fsp3) is 0.615. The highest BCUT2D eigenvalue weighted by Crippen LogP contribution is 2.32. The molecule has 2 rings (SSSR count). The van der Waals surface area contributed by atoms with E-state index in [0.29, 0.717) is 12.8 Å². The maximum absolute atomic E-state index is 11.7. The van der Waals surface area contributed by atoms with Gasteiger partial charge in [-0.05, 0) is 38.5 Å². The number of nitrogens with one attached hydrogen (secondary N) is 1. The number of carbonyl (C=O) groups is 2. The van der Waals surface area contributed by atoms with Gasteiger partial charge in [0.1, 0.15) is 6.04 Å². The molecule has 1 aliphatic rings. The van der Waals surface area contributed by atoms with Gasteiger partial charge < -0.3 is 10.4 Å². The molecule has 0 aliphatic heterocycles. The van der Waals surface area contributed by atoms with Crippen LogP contribution in [-0.4, -0.2) is 28.0 Å². The second-order valence-electron chi connectivity index (χ2n) is 4.93. The molecular formula is C13H18N2O3S. The van der Waals surface area contributed by atoms with Crippen LogP contribution in [-0.2, 0) is 16.0 Å². The Morgan fingerprint density at radius 3 is 2.84 bits per heavy atom. The van der Waals surface area contributed by atoms with E-state index >= 15 is 0 Å². The summed E-state index contributed by atoms with van der Waals surface area (Å²) in [5, 5.41) is 14.7. The molecule has 6 heteroatoms. The Hall–Kier alpha value is -1.43. The number of amides is 1. The Morgan fingerprint density at radius 1 is 1.58 bits per heavy atom. The first kappa shape index (κ1) is 14.0. The van der Waals surface area contributed by atoms with Crippen LogP contribution in [0.1, 0.15) is 36.4 Å². The van der Waals surface area contributed by atoms with Crippen molar-refractivity contribution in [2.75, 3.05) is 0 Å². The van der Waals surface area contributed by atoms with Crippen molar-refractivity contribution in [2.24, 2.45) is 5.92 Å². The van der Waals surface area contributed by atoms with Crippen LogP contribution < -0.4 is 5.32 Å². The Bertz CT molecular complexity index is 468. The molecule has 0 radical (unpaired) electrons. The maximum Gasteiger partial charge on any atom is 0.326 e. The van der Waals surface area contributed by atoms with Crippen LogP contribution in [0.3, 0.4) is 0 Å². The summed E-state index contributed by atoms with van der Waals surface area (Å²) in [6.07, 6.45) is 3.61. The minimum atomic E-state index is -0.925. The van der Waals surface area contributed by atoms with Gasteiger partial charge in [-0.25, -0.2) is 9.78 Å². The van der Waals surface area contributed by atoms with Gasteiger partial charge in [-0.2, -0.15) is 0 Å². The number of thiazole rings is 1. The number of carboxylic acid groups (broad SMARTS) is 1. The lowest BCUT2D eigenvalue weighted by atomic mass is 10.1. The summed E-state index contributed by atoms with van der Waals surface area (Å²) >= 11 is 1.60. The molecule has 1 amide bonds. The summed E-state index contributed by atoms with van der Waals surface area (Å²) in [4.78, 5) is 27.0. The van der Waals surface area contributed by atoms with Gasteiger partial charge in [-0.3, -0.25) is 4.79 Å². The molecule has 19 heavy (non-hydrogen) atoms. The van der Waals surface area contributed by atoms with Crippen molar-refractivity contribution in [1.29, 1.82) is 0 Å². The minimum absolute atomic E-state index is 0.127. The first-order valence-electron chi connectivity index (χ1n) is 6.49. The fourth-order valence-electron chi connectivity index (χ4n) is 2.01. The fourth-order valence-corrected chi connectivity index (χ4v) is 2.66. The van der Waals surface area contributed by atoms with E-state index in [0.717, 1.165) is 30.0 Å². The predicted molar refractivity (Wildman–Crippen MR) is 72.1 cm³/mol. The van der Waals surface area contributed by atoms with E-state index in [2.05, 4.69) is 10.3 Å². The molecular weight excluding hydrogens is 264 g/mol. The highest BCUT2D eigenvalue weighted by molar-refractivity contribution is 7.09. The van der Waals surface area contributed by atoms with Gasteiger partial charge in [-0.1, -0.05) is 0 Å². The summed E-state index contributed by atoms with van der Waals surface area (Å²) in [5.41, 5.74) is 1.01. The number of rotatable bonds is 7. The van der Waals surface area contributed by atoms with Gasteiger partial charge in [0.05, 0.1) is 10.7 Å². The number of aromatic nitrogens is 1. The third-order valence-corrected chi connectivity index (χ3v) is 4.00. The number of carbonyl (C=O) groups excluding carboxylic acids is 1. The number of hydrogen-bond donors (Lipinski definition) is 2. The van der Waals surface area contributed by atoms with E-state index in [9.17, 15) is 9.59 Å². The predicted octanol–water partition coefficient (Wildman–Crippen LogP) is 1.75. The van der Waals surface area contributed by atoms with Crippen LogP contribution >= 0.6 is 11.3 Å². The third kappa shape index (κ3) is 4.31. The average molecular weight is 282 g/mol. The molecule has 1 unspecified atom stereocenters. The average Bonchev–Trinajstić information content (AvgIpc) is 3.10. The summed E-state index contributed by atoms with van der Waals surface area (Å²) in [6.45, 7) is 1.95. The van der Waals surface area contributed by atoms with Crippen molar-refractivity contribution in [3.05, 3.63) is 16.1 Å². The van der Waals surface area contributed by atoms with Gasteiger partial charge in [-0.15, -0.1) is 11.3 Å². The number of aliphatic carboxylic acids is 1. The summed E-state index contributed by atoms with van der Waals surface area (Å²) in [5.74, 6) is -0.972. The molecule has 1 saturated carbocycles. The number of aryl methyl sites for hydroxylation is 2. The molecule has 2 N–H and O–H groups in total. The van der Waals surface area contributed by atoms with Crippen LogP contribution in [0.4, 0.5) is 0 Å². The van der Waals surface area contributed by atoms with E-state index in [-0.39, 0.29) is 11.8 Å². The van der Waals surface area contributed by atoms with Crippen LogP contribution in [0.15, 0.2) is 5.38 Å². The van der Waals surface area contributed by atoms with Crippen molar-refractivity contribution >= 4 is 23.2 Å². The van der Waals surface area contributed by atoms with Crippen molar-refractivity contribution < 1.29 is 14.7 Å². The molecule has 1 aromatic heterocycles. The van der Waals surface area contributed by atoms with E-state index in [1.165, 1.54) is 0 Å². The van der Waals surface area contributed by atoms with Gasteiger partial charge >= 0.3 is 5.97 Å². The molecule has 1 heterocycles. The van der Waals surface area contributed by atoms with Crippen LogP contribution in [0, 0.1) is 12.8 Å². The normalized spacial score (nSPS) is 16.1. The monoisotopic (exact) mass is 282 g/mol. The lowest BCUT2D eigenvalue weighted by Gasteiger charge is -2.13. The molecule has 0 bridgehead atoms. The third-order valence-electron chi connectivity index (χ3n) is 3.18. The molecule has 0 spiro atoms. The zero-order valence-electron chi connectivity index (χ0n) is 10.9. The number of nitrogens with zero attached hydrogens (tertiary/aromatic N) is 1. The van der Waals surface area contributed by atoms with Gasteiger partial charge in [0.25, 0.3) is 0 Å². The highest BCUT2D eigenvalue weighted by Gasteiger charge is 2.37. The SMILES string of the molecule is Cc1nc(CCCC(=O)NC(C(=O)O)C2CC2)cs1. The van der Waals surface area contributed by atoms with Gasteiger partial charge in [0.15, 0.2) is 0 Å². The Balaban J connectivity index is 1.70. The van der Waals surface area contributed by atoms with Crippen molar-refractivity contribution in [2.45, 2.75) is 45.1 Å². The highest BCUT2D eigenvalue weighted by atomic mass is 32.1. The molecule has 104 valence electrons. The first-order chi connectivity index (χ1) is 9.06. The summed E-state index contributed by atoms with van der Waals surface area (Å²) in [6, 6.07) is -0.700. The molecule has 1 atom stereocenters. The number of carboxylic acids is 1. The Labute approximate surface area is 116 Å². The molecule has 5 nitrogen and oxygen atoms in total. The lowest BCUT2D eigenvalue weighted by molar-refractivity contribution is -0.142. The van der Waals surface area contributed by atoms with Crippen LogP contribution in [0.2, 0.25) is 0 Å². The van der Waals surface area contributed by atoms with Gasteiger partial charge in [0.2, 0.25) is 5.91 Å². The summed E-state index contributed by atoms with van der Waals surface area (Å²) < 4.78 is 0. The van der Waals surface area contributed by atoms with Crippen LogP contribution in [0.25, 0.3) is 0 Å². The largest absolute Gasteiger partial charge is 0.480 e. The van der Waals surface area contributed by atoms with E-state index in [1.54, 1.807) is 11.3 Å². The minimum Gasteiger partial charge on any atom is -0.480 e. The topological polar surface area (TPSA) is 79.3 Å².